The lowest BCUT2D eigenvalue weighted by atomic mass is 9.89. The topological polar surface area (TPSA) is 24.8 Å². The third-order valence-electron chi connectivity index (χ3n) is 3.15. The van der Waals surface area contributed by atoms with Gasteiger partial charge in [0.1, 0.15) is 5.75 Å². The first-order valence-electron chi connectivity index (χ1n) is 7.72. The zero-order valence-corrected chi connectivity index (χ0v) is 15.2. The average Bonchev–Trinajstić information content (AvgIpc) is 2.34. The molecule has 0 aliphatic carbocycles. The van der Waals surface area contributed by atoms with Crippen LogP contribution in [0.5, 0.6) is 5.75 Å². The maximum absolute atomic E-state index is 14.0. The Balaban J connectivity index is 2.84. The Labute approximate surface area is 138 Å². The first-order valence-corrected chi connectivity index (χ1v) is 7.72. The molecule has 0 N–H and O–H groups in total. The minimum absolute atomic E-state index is 0.205. The molecule has 0 unspecified atom stereocenters. The van der Waals surface area contributed by atoms with Gasteiger partial charge in [0, 0.05) is 20.5 Å². The quantitative estimate of drug-likeness (QED) is 0.544. The first-order chi connectivity index (χ1) is 10.4. The average molecular weight is 326 g/mol. The minimum atomic E-state index is -2.85. The number of ether oxygens (including phenoxy) is 1. The Morgan fingerprint density at radius 3 is 2.26 bits per heavy atom. The number of benzene rings is 1. The van der Waals surface area contributed by atoms with Crippen molar-refractivity contribution in [3.05, 3.63) is 23.3 Å². The zero-order chi connectivity index (χ0) is 17.8. The number of aryl methyl sites for hydroxylation is 2. The van der Waals surface area contributed by atoms with Crippen molar-refractivity contribution in [2.24, 2.45) is 10.4 Å². The zero-order valence-electron chi connectivity index (χ0n) is 15.2. The summed E-state index contributed by atoms with van der Waals surface area (Å²) in [7, 11) is 3.78. The van der Waals surface area contributed by atoms with E-state index in [1.165, 1.54) is 0 Å². The van der Waals surface area contributed by atoms with Crippen LogP contribution in [-0.2, 0) is 0 Å². The number of aliphatic imine (C=N–C) groups is 1. The second-order valence-electron chi connectivity index (χ2n) is 7.49. The van der Waals surface area contributed by atoms with Crippen molar-refractivity contribution in [3.63, 3.8) is 0 Å². The molecule has 0 saturated heterocycles. The number of nitrogens with zero attached hydrogens (tertiary/aromatic N) is 2. The Kier molecular flexibility index (Phi) is 6.14. The van der Waals surface area contributed by atoms with E-state index in [2.05, 4.69) is 4.99 Å². The van der Waals surface area contributed by atoms with Crippen molar-refractivity contribution in [1.82, 2.24) is 4.90 Å². The summed E-state index contributed by atoms with van der Waals surface area (Å²) in [5, 5.41) is 0. The van der Waals surface area contributed by atoms with Gasteiger partial charge in [-0.05, 0) is 42.5 Å². The molecule has 0 atom stereocenters. The third-order valence-corrected chi connectivity index (χ3v) is 3.15. The van der Waals surface area contributed by atoms with E-state index >= 15 is 0 Å². The number of alkyl halides is 2. The molecule has 1 aromatic carbocycles. The summed E-state index contributed by atoms with van der Waals surface area (Å²) in [6.07, 6.45) is 1.50. The summed E-state index contributed by atoms with van der Waals surface area (Å²) in [6, 6.07) is 3.62. The molecule has 0 saturated carbocycles. The van der Waals surface area contributed by atoms with Gasteiger partial charge in [0.15, 0.2) is 6.61 Å². The SMILES string of the molecule is Cc1cc(OCC(F)(F)CC(C)(C)C)c(C)cc1N=CN(C)C. The van der Waals surface area contributed by atoms with Crippen molar-refractivity contribution in [1.29, 1.82) is 0 Å². The molecule has 0 fully saturated rings. The van der Waals surface area contributed by atoms with Crippen LogP contribution in [0.3, 0.4) is 0 Å². The van der Waals surface area contributed by atoms with Gasteiger partial charge in [-0.2, -0.15) is 0 Å². The van der Waals surface area contributed by atoms with Crippen LogP contribution < -0.4 is 4.74 Å². The molecule has 5 heteroatoms. The van der Waals surface area contributed by atoms with Crippen LogP contribution in [0.25, 0.3) is 0 Å². The molecule has 1 aromatic rings. The van der Waals surface area contributed by atoms with Gasteiger partial charge in [0.05, 0.1) is 12.0 Å². The smallest absolute Gasteiger partial charge is 0.281 e. The maximum Gasteiger partial charge on any atom is 0.281 e. The second-order valence-corrected chi connectivity index (χ2v) is 7.49. The molecule has 0 heterocycles. The molecule has 0 radical (unpaired) electrons. The fourth-order valence-corrected chi connectivity index (χ4v) is 2.26. The fourth-order valence-electron chi connectivity index (χ4n) is 2.26. The molecular formula is C18H28F2N2O. The minimum Gasteiger partial charge on any atom is -0.487 e. The monoisotopic (exact) mass is 326 g/mol. The van der Waals surface area contributed by atoms with E-state index in [9.17, 15) is 8.78 Å². The maximum atomic E-state index is 14.0. The van der Waals surface area contributed by atoms with Crippen molar-refractivity contribution >= 4 is 12.0 Å². The van der Waals surface area contributed by atoms with Crippen LogP contribution in [-0.4, -0.2) is 37.9 Å². The standard InChI is InChI=1S/C18H28F2N2O/c1-13-9-16(14(2)8-15(13)21-12-22(6)7)23-11-18(19,20)10-17(3,4)5/h8-9,12H,10-11H2,1-7H3. The van der Waals surface area contributed by atoms with Crippen LogP contribution in [0.4, 0.5) is 14.5 Å². The van der Waals surface area contributed by atoms with Crippen LogP contribution in [0.1, 0.15) is 38.3 Å². The summed E-state index contributed by atoms with van der Waals surface area (Å²) in [5.41, 5.74) is 2.06. The molecule has 0 bridgehead atoms. The van der Waals surface area contributed by atoms with Crippen LogP contribution in [0, 0.1) is 19.3 Å². The predicted octanol–water partition coefficient (Wildman–Crippen LogP) is 4.98. The fraction of sp³-hybridized carbons (Fsp3) is 0.611. The van der Waals surface area contributed by atoms with Crippen LogP contribution >= 0.6 is 0 Å². The summed E-state index contributed by atoms with van der Waals surface area (Å²) in [6.45, 7) is 8.52. The molecule has 1 rings (SSSR count). The molecule has 3 nitrogen and oxygen atoms in total. The lowest BCUT2D eigenvalue weighted by molar-refractivity contribution is -0.0696. The summed E-state index contributed by atoms with van der Waals surface area (Å²) in [5.74, 6) is -2.36. The van der Waals surface area contributed by atoms with E-state index in [0.29, 0.717) is 5.75 Å². The van der Waals surface area contributed by atoms with Gasteiger partial charge in [-0.1, -0.05) is 20.8 Å². The van der Waals surface area contributed by atoms with Crippen molar-refractivity contribution in [3.8, 4) is 5.75 Å². The lowest BCUT2D eigenvalue weighted by Gasteiger charge is -2.26. The van der Waals surface area contributed by atoms with Gasteiger partial charge >= 0.3 is 0 Å². The van der Waals surface area contributed by atoms with Crippen molar-refractivity contribution in [2.75, 3.05) is 20.7 Å². The molecular weight excluding hydrogens is 298 g/mol. The highest BCUT2D eigenvalue weighted by molar-refractivity contribution is 5.64. The number of hydrogen-bond donors (Lipinski definition) is 0. The van der Waals surface area contributed by atoms with Gasteiger partial charge in [0.2, 0.25) is 0 Å². The molecule has 0 amide bonds. The largest absolute Gasteiger partial charge is 0.487 e. The Morgan fingerprint density at radius 1 is 1.13 bits per heavy atom. The predicted molar refractivity (Wildman–Crippen MR) is 92.3 cm³/mol. The van der Waals surface area contributed by atoms with E-state index in [-0.39, 0.29) is 6.42 Å². The van der Waals surface area contributed by atoms with Gasteiger partial charge in [0.25, 0.3) is 5.92 Å². The van der Waals surface area contributed by atoms with E-state index in [1.807, 2.05) is 38.9 Å². The van der Waals surface area contributed by atoms with E-state index in [4.69, 9.17) is 4.74 Å². The van der Waals surface area contributed by atoms with Gasteiger partial charge in [-0.25, -0.2) is 13.8 Å². The second kappa shape index (κ2) is 7.28. The Hall–Kier alpha value is -1.65. The summed E-state index contributed by atoms with van der Waals surface area (Å²) in [4.78, 5) is 6.20. The van der Waals surface area contributed by atoms with Gasteiger partial charge < -0.3 is 9.64 Å². The van der Waals surface area contributed by atoms with E-state index in [1.54, 1.807) is 33.2 Å². The molecule has 130 valence electrons. The van der Waals surface area contributed by atoms with Crippen LogP contribution in [0.15, 0.2) is 17.1 Å². The first kappa shape index (κ1) is 19.4. The van der Waals surface area contributed by atoms with Crippen LogP contribution in [0.2, 0.25) is 0 Å². The lowest BCUT2D eigenvalue weighted by Crippen LogP contribution is -2.31. The number of rotatable bonds is 6. The highest BCUT2D eigenvalue weighted by atomic mass is 19.3. The summed E-state index contributed by atoms with van der Waals surface area (Å²) < 4.78 is 33.3. The van der Waals surface area contributed by atoms with E-state index < -0.39 is 17.9 Å². The highest BCUT2D eigenvalue weighted by Gasteiger charge is 2.35. The molecule has 23 heavy (non-hydrogen) atoms. The molecule has 0 aromatic heterocycles. The van der Waals surface area contributed by atoms with Gasteiger partial charge in [-0.15, -0.1) is 0 Å². The van der Waals surface area contributed by atoms with Gasteiger partial charge in [-0.3, -0.25) is 0 Å². The molecule has 0 aliphatic heterocycles. The number of halogens is 2. The van der Waals surface area contributed by atoms with E-state index in [0.717, 1.165) is 16.8 Å². The molecule has 0 spiro atoms. The summed E-state index contributed by atoms with van der Waals surface area (Å²) >= 11 is 0. The molecule has 0 aliphatic rings. The van der Waals surface area contributed by atoms with Crippen molar-refractivity contribution in [2.45, 2.75) is 47.0 Å². The normalized spacial score (nSPS) is 12.7. The Bertz CT molecular complexity index is 561. The van der Waals surface area contributed by atoms with Crippen molar-refractivity contribution < 1.29 is 13.5 Å². The highest BCUT2D eigenvalue weighted by Crippen LogP contribution is 2.33. The Morgan fingerprint density at radius 2 is 1.74 bits per heavy atom. The number of hydrogen-bond acceptors (Lipinski definition) is 2. The third kappa shape index (κ3) is 6.97.